The number of nitrogens with zero attached hydrogens (tertiary/aromatic N) is 1. The molecule has 3 rings (SSSR count). The highest BCUT2D eigenvalue weighted by atomic mass is 16.2. The van der Waals surface area contributed by atoms with Crippen LogP contribution in [0.3, 0.4) is 0 Å². The maximum absolute atomic E-state index is 12.0. The Morgan fingerprint density at radius 2 is 1.74 bits per heavy atom. The zero-order valence-electron chi connectivity index (χ0n) is 10.5. The van der Waals surface area contributed by atoms with Crippen molar-refractivity contribution in [2.24, 2.45) is 5.92 Å². The molecule has 1 aliphatic heterocycles. The first kappa shape index (κ1) is 11.9. The number of benzene rings is 1. The van der Waals surface area contributed by atoms with Crippen LogP contribution in [0.4, 0.5) is 0 Å². The fraction of sp³-hybridized carbons (Fsp3) is 0.250. The predicted molar refractivity (Wildman–Crippen MR) is 72.4 cm³/mol. The maximum atomic E-state index is 12.0. The van der Waals surface area contributed by atoms with Gasteiger partial charge in [0.15, 0.2) is 0 Å². The summed E-state index contributed by atoms with van der Waals surface area (Å²) in [6.45, 7) is 0.591. The molecular weight excluding hydrogens is 238 g/mol. The normalized spacial score (nSPS) is 24.9. The smallest absolute Gasteiger partial charge is 0.291 e. The van der Waals surface area contributed by atoms with Crippen molar-refractivity contribution in [2.75, 3.05) is 6.54 Å². The Morgan fingerprint density at radius 1 is 1.00 bits per heavy atom. The van der Waals surface area contributed by atoms with Gasteiger partial charge in [0.05, 0.1) is 12.0 Å². The molecule has 2 atom stereocenters. The van der Waals surface area contributed by atoms with Gasteiger partial charge < -0.3 is 4.90 Å². The third-order valence-electron chi connectivity index (χ3n) is 3.72. The molecule has 0 bridgehead atoms. The van der Waals surface area contributed by atoms with E-state index in [0.717, 1.165) is 6.42 Å². The summed E-state index contributed by atoms with van der Waals surface area (Å²) < 4.78 is 0. The van der Waals surface area contributed by atoms with Gasteiger partial charge in [0.1, 0.15) is 0 Å². The first-order valence-corrected chi connectivity index (χ1v) is 6.51. The first-order valence-electron chi connectivity index (χ1n) is 6.51. The fourth-order valence-corrected chi connectivity index (χ4v) is 2.70. The second kappa shape index (κ2) is 4.84. The summed E-state index contributed by atoms with van der Waals surface area (Å²) in [5, 5.41) is 0. The standard InChI is InChI=1S/C16H15NO2/c18-15-13-8-4-5-9-14(13)17(16(15)19)11-10-12-6-2-1-3-7-12/h1-9,13-14H,10-11H2/t13-,14+/m1/s1. The van der Waals surface area contributed by atoms with Crippen LogP contribution in [0.5, 0.6) is 0 Å². The predicted octanol–water partition coefficient (Wildman–Crippen LogP) is 1.75. The zero-order valence-corrected chi connectivity index (χ0v) is 10.5. The number of hydrogen-bond donors (Lipinski definition) is 0. The molecule has 0 radical (unpaired) electrons. The summed E-state index contributed by atoms with van der Waals surface area (Å²) in [5.41, 5.74) is 1.18. The molecule has 0 N–H and O–H groups in total. The highest BCUT2D eigenvalue weighted by molar-refractivity contribution is 6.39. The molecule has 0 spiro atoms. The molecule has 1 aromatic carbocycles. The van der Waals surface area contributed by atoms with Crippen molar-refractivity contribution < 1.29 is 9.59 Å². The fourth-order valence-electron chi connectivity index (χ4n) is 2.70. The van der Waals surface area contributed by atoms with Crippen molar-refractivity contribution in [2.45, 2.75) is 12.5 Å². The van der Waals surface area contributed by atoms with Crippen molar-refractivity contribution in [1.29, 1.82) is 0 Å². The second-order valence-corrected chi connectivity index (χ2v) is 4.88. The number of likely N-dealkylation sites (tertiary alicyclic amines) is 1. The van der Waals surface area contributed by atoms with E-state index in [2.05, 4.69) is 0 Å². The average molecular weight is 253 g/mol. The number of amides is 1. The van der Waals surface area contributed by atoms with E-state index in [4.69, 9.17) is 0 Å². The van der Waals surface area contributed by atoms with E-state index in [1.54, 1.807) is 4.90 Å². The molecular formula is C16H15NO2. The summed E-state index contributed by atoms with van der Waals surface area (Å²) in [6, 6.07) is 9.93. The zero-order chi connectivity index (χ0) is 13.2. The van der Waals surface area contributed by atoms with Crippen LogP contribution in [0.25, 0.3) is 0 Å². The van der Waals surface area contributed by atoms with Gasteiger partial charge in [0.25, 0.3) is 5.91 Å². The lowest BCUT2D eigenvalue weighted by Gasteiger charge is -2.24. The summed E-state index contributed by atoms with van der Waals surface area (Å²) >= 11 is 0. The lowest BCUT2D eigenvalue weighted by molar-refractivity contribution is -0.140. The van der Waals surface area contributed by atoms with Gasteiger partial charge in [-0.3, -0.25) is 9.59 Å². The number of ketones is 1. The molecule has 1 aromatic rings. The number of fused-ring (bicyclic) bond motifs is 1. The van der Waals surface area contributed by atoms with E-state index >= 15 is 0 Å². The molecule has 1 amide bonds. The molecule has 96 valence electrons. The Balaban J connectivity index is 1.74. The lowest BCUT2D eigenvalue weighted by atomic mass is 9.95. The minimum atomic E-state index is -0.345. The van der Waals surface area contributed by atoms with Crippen molar-refractivity contribution >= 4 is 11.7 Å². The minimum Gasteiger partial charge on any atom is -0.328 e. The minimum absolute atomic E-state index is 0.0892. The summed E-state index contributed by atoms with van der Waals surface area (Å²) in [5.74, 6) is -0.908. The van der Waals surface area contributed by atoms with Gasteiger partial charge >= 0.3 is 0 Å². The van der Waals surface area contributed by atoms with Crippen LogP contribution >= 0.6 is 0 Å². The summed E-state index contributed by atoms with van der Waals surface area (Å²) in [6.07, 6.45) is 8.29. The topological polar surface area (TPSA) is 37.4 Å². The van der Waals surface area contributed by atoms with Crippen molar-refractivity contribution in [3.8, 4) is 0 Å². The molecule has 0 unspecified atom stereocenters. The number of carbonyl (C=O) groups is 2. The third kappa shape index (κ3) is 2.12. The SMILES string of the molecule is O=C1C(=O)N(CCc2ccccc2)[C@H]2C=CC=C[C@@H]12. The Labute approximate surface area is 112 Å². The van der Waals surface area contributed by atoms with Gasteiger partial charge in [-0.15, -0.1) is 0 Å². The first-order chi connectivity index (χ1) is 9.27. The highest BCUT2D eigenvalue weighted by Gasteiger charge is 2.44. The summed E-state index contributed by atoms with van der Waals surface area (Å²) in [7, 11) is 0. The van der Waals surface area contributed by atoms with Crippen molar-refractivity contribution in [3.05, 3.63) is 60.2 Å². The number of carbonyl (C=O) groups excluding carboxylic acids is 2. The Bertz CT molecular complexity index is 559. The van der Waals surface area contributed by atoms with E-state index in [-0.39, 0.29) is 23.7 Å². The molecule has 1 aliphatic carbocycles. The van der Waals surface area contributed by atoms with Crippen LogP contribution in [0.15, 0.2) is 54.6 Å². The molecule has 1 saturated heterocycles. The van der Waals surface area contributed by atoms with Gasteiger partial charge in [-0.05, 0) is 12.0 Å². The number of hydrogen-bond acceptors (Lipinski definition) is 2. The van der Waals surface area contributed by atoms with Crippen LogP contribution in [-0.2, 0) is 16.0 Å². The molecule has 1 fully saturated rings. The van der Waals surface area contributed by atoms with E-state index in [1.807, 2.05) is 54.6 Å². The van der Waals surface area contributed by atoms with Crippen LogP contribution < -0.4 is 0 Å². The Hall–Kier alpha value is -2.16. The molecule has 3 heteroatoms. The number of rotatable bonds is 3. The van der Waals surface area contributed by atoms with Crippen LogP contribution in [0.2, 0.25) is 0 Å². The third-order valence-corrected chi connectivity index (χ3v) is 3.72. The molecule has 0 saturated carbocycles. The largest absolute Gasteiger partial charge is 0.328 e. The maximum Gasteiger partial charge on any atom is 0.291 e. The van der Waals surface area contributed by atoms with Crippen LogP contribution in [-0.4, -0.2) is 29.2 Å². The molecule has 2 aliphatic rings. The molecule has 1 heterocycles. The Kier molecular flexibility index (Phi) is 3.03. The second-order valence-electron chi connectivity index (χ2n) is 4.88. The lowest BCUT2D eigenvalue weighted by Crippen LogP contribution is -2.36. The highest BCUT2D eigenvalue weighted by Crippen LogP contribution is 2.27. The van der Waals surface area contributed by atoms with Gasteiger partial charge in [-0.25, -0.2) is 0 Å². The van der Waals surface area contributed by atoms with Crippen LogP contribution in [0.1, 0.15) is 5.56 Å². The van der Waals surface area contributed by atoms with E-state index in [9.17, 15) is 9.59 Å². The van der Waals surface area contributed by atoms with E-state index in [1.165, 1.54) is 5.56 Å². The quantitative estimate of drug-likeness (QED) is 0.770. The van der Waals surface area contributed by atoms with Gasteiger partial charge in [0, 0.05) is 6.54 Å². The summed E-state index contributed by atoms with van der Waals surface area (Å²) in [4.78, 5) is 25.6. The van der Waals surface area contributed by atoms with E-state index < -0.39 is 0 Å². The van der Waals surface area contributed by atoms with E-state index in [0.29, 0.717) is 6.54 Å². The number of allylic oxidation sites excluding steroid dienone is 2. The molecule has 0 aromatic heterocycles. The van der Waals surface area contributed by atoms with Gasteiger partial charge in [0.2, 0.25) is 5.78 Å². The monoisotopic (exact) mass is 253 g/mol. The average Bonchev–Trinajstić information content (AvgIpc) is 2.71. The molecule has 19 heavy (non-hydrogen) atoms. The number of Topliss-reactive ketones (excluding diaryl/α,β-unsaturated/α-hetero) is 1. The van der Waals surface area contributed by atoms with Crippen LogP contribution in [0, 0.1) is 5.92 Å². The van der Waals surface area contributed by atoms with Crippen molar-refractivity contribution in [3.63, 3.8) is 0 Å². The van der Waals surface area contributed by atoms with Gasteiger partial charge in [-0.1, -0.05) is 54.6 Å². The Morgan fingerprint density at radius 3 is 2.53 bits per heavy atom. The van der Waals surface area contributed by atoms with Gasteiger partial charge in [-0.2, -0.15) is 0 Å². The molecule has 3 nitrogen and oxygen atoms in total. The van der Waals surface area contributed by atoms with Crippen molar-refractivity contribution in [1.82, 2.24) is 4.90 Å².